The molecule has 0 amide bonds. The molecule has 1 atom stereocenters. The van der Waals surface area contributed by atoms with Crippen molar-refractivity contribution in [3.8, 4) is 0 Å². The molecule has 0 fully saturated rings. The van der Waals surface area contributed by atoms with Crippen LogP contribution in [-0.4, -0.2) is 31.8 Å². The predicted molar refractivity (Wildman–Crippen MR) is 81.6 cm³/mol. The smallest absolute Gasteiger partial charge is 0.232 e. The molecule has 0 N–H and O–H groups in total. The lowest BCUT2D eigenvalue weighted by Crippen LogP contribution is -2.44. The lowest BCUT2D eigenvalue weighted by molar-refractivity contribution is 0.593. The highest BCUT2D eigenvalue weighted by Crippen LogP contribution is 2.40. The molecule has 1 unspecified atom stereocenters. The molecule has 20 heavy (non-hydrogen) atoms. The van der Waals surface area contributed by atoms with Gasteiger partial charge in [0.15, 0.2) is 0 Å². The molecule has 1 heterocycles. The fourth-order valence-electron chi connectivity index (χ4n) is 2.11. The zero-order chi connectivity index (χ0) is 15.1. The van der Waals surface area contributed by atoms with E-state index in [1.807, 2.05) is 13.8 Å². The second kappa shape index (κ2) is 5.37. The van der Waals surface area contributed by atoms with Crippen molar-refractivity contribution in [1.29, 1.82) is 0 Å². The van der Waals surface area contributed by atoms with Gasteiger partial charge in [0.05, 0.1) is 23.0 Å². The van der Waals surface area contributed by atoms with Crippen LogP contribution in [0.3, 0.4) is 0 Å². The largest absolute Gasteiger partial charge is 0.278 e. The first-order valence-corrected chi connectivity index (χ1v) is 8.91. The Hall–Kier alpha value is -1.08. The summed E-state index contributed by atoms with van der Waals surface area (Å²) < 4.78 is 38.8. The molecule has 0 saturated heterocycles. The van der Waals surface area contributed by atoms with Crippen LogP contribution in [-0.2, 0) is 10.0 Å². The quantitative estimate of drug-likeness (QED) is 0.843. The van der Waals surface area contributed by atoms with E-state index in [2.05, 4.69) is 4.99 Å². The number of hydrogen-bond donors (Lipinski definition) is 0. The van der Waals surface area contributed by atoms with Gasteiger partial charge in [0.25, 0.3) is 0 Å². The van der Waals surface area contributed by atoms with Gasteiger partial charge in [0.1, 0.15) is 5.82 Å². The minimum absolute atomic E-state index is 0.0523. The number of hydrogen-bond acceptors (Lipinski definition) is 4. The van der Waals surface area contributed by atoms with Gasteiger partial charge < -0.3 is 0 Å². The summed E-state index contributed by atoms with van der Waals surface area (Å²) in [5.74, 6) is -0.386. The molecule has 0 aliphatic carbocycles. The SMILES string of the molecule is CC(C)N=C1Sc2cc(F)ccc2N(S(C)(=O)=O)C1C. The first-order valence-electron chi connectivity index (χ1n) is 6.24. The number of thioether (sulfide) groups is 1. The van der Waals surface area contributed by atoms with E-state index >= 15 is 0 Å². The first kappa shape index (κ1) is 15.3. The molecule has 1 aromatic rings. The number of halogens is 1. The molecule has 1 aliphatic rings. The van der Waals surface area contributed by atoms with Crippen LogP contribution >= 0.6 is 11.8 Å². The van der Waals surface area contributed by atoms with E-state index in [0.717, 1.165) is 6.26 Å². The molecule has 0 spiro atoms. The van der Waals surface area contributed by atoms with Crippen molar-refractivity contribution in [2.24, 2.45) is 4.99 Å². The Morgan fingerprint density at radius 2 is 2.05 bits per heavy atom. The molecule has 2 rings (SSSR count). The third-order valence-corrected chi connectivity index (χ3v) is 5.26. The summed E-state index contributed by atoms with van der Waals surface area (Å²) in [5, 5.41) is 0.684. The first-order chi connectivity index (χ1) is 9.20. The van der Waals surface area contributed by atoms with Crippen molar-refractivity contribution in [1.82, 2.24) is 0 Å². The van der Waals surface area contributed by atoms with Crippen molar-refractivity contribution < 1.29 is 12.8 Å². The Bertz CT molecular complexity index is 656. The van der Waals surface area contributed by atoms with Crippen LogP contribution in [0.5, 0.6) is 0 Å². The molecule has 110 valence electrons. The lowest BCUT2D eigenvalue weighted by atomic mass is 10.2. The van der Waals surface area contributed by atoms with E-state index in [-0.39, 0.29) is 17.9 Å². The molecular weight excluding hydrogens is 299 g/mol. The summed E-state index contributed by atoms with van der Waals surface area (Å²) in [5.41, 5.74) is 0.508. The Labute approximate surface area is 123 Å². The number of aliphatic imine (C=N–C) groups is 1. The van der Waals surface area contributed by atoms with Crippen molar-refractivity contribution in [2.75, 3.05) is 10.6 Å². The molecule has 0 radical (unpaired) electrons. The normalized spacial score (nSPS) is 21.4. The van der Waals surface area contributed by atoms with Gasteiger partial charge in [0, 0.05) is 10.9 Å². The van der Waals surface area contributed by atoms with E-state index in [1.54, 1.807) is 6.92 Å². The summed E-state index contributed by atoms with van der Waals surface area (Å²) in [6.07, 6.45) is 1.15. The second-order valence-corrected chi connectivity index (χ2v) is 7.93. The number of nitrogens with zero attached hydrogens (tertiary/aromatic N) is 2. The molecule has 1 aliphatic heterocycles. The maximum Gasteiger partial charge on any atom is 0.232 e. The topological polar surface area (TPSA) is 49.7 Å². The zero-order valence-electron chi connectivity index (χ0n) is 11.8. The lowest BCUT2D eigenvalue weighted by Gasteiger charge is -2.35. The van der Waals surface area contributed by atoms with Crippen molar-refractivity contribution in [3.63, 3.8) is 0 Å². The Morgan fingerprint density at radius 1 is 1.40 bits per heavy atom. The zero-order valence-corrected chi connectivity index (χ0v) is 13.4. The van der Waals surface area contributed by atoms with Gasteiger partial charge in [-0.2, -0.15) is 0 Å². The third kappa shape index (κ3) is 2.98. The summed E-state index contributed by atoms with van der Waals surface area (Å²) in [7, 11) is -3.45. The van der Waals surface area contributed by atoms with Gasteiger partial charge in [-0.3, -0.25) is 9.30 Å². The van der Waals surface area contributed by atoms with Crippen LogP contribution in [0.1, 0.15) is 20.8 Å². The Kier molecular flexibility index (Phi) is 4.11. The molecule has 7 heteroatoms. The number of fused-ring (bicyclic) bond motifs is 1. The van der Waals surface area contributed by atoms with Gasteiger partial charge in [0.2, 0.25) is 10.0 Å². The van der Waals surface area contributed by atoms with Crippen LogP contribution in [0.2, 0.25) is 0 Å². The summed E-state index contributed by atoms with van der Waals surface area (Å²) in [4.78, 5) is 5.04. The van der Waals surface area contributed by atoms with Crippen molar-refractivity contribution in [2.45, 2.75) is 37.8 Å². The average molecular weight is 316 g/mol. The summed E-state index contributed by atoms with van der Waals surface area (Å²) >= 11 is 1.33. The van der Waals surface area contributed by atoms with Crippen LogP contribution < -0.4 is 4.31 Å². The molecule has 0 aromatic heterocycles. The van der Waals surface area contributed by atoms with Crippen LogP contribution in [0.25, 0.3) is 0 Å². The summed E-state index contributed by atoms with van der Waals surface area (Å²) in [6.45, 7) is 5.64. The monoisotopic (exact) mass is 316 g/mol. The molecule has 1 aromatic carbocycles. The molecular formula is C13H17FN2O2S2. The Balaban J connectivity index is 2.62. The summed E-state index contributed by atoms with van der Waals surface area (Å²) in [6, 6.07) is 3.79. The van der Waals surface area contributed by atoms with Gasteiger partial charge >= 0.3 is 0 Å². The van der Waals surface area contributed by atoms with Gasteiger partial charge in [-0.25, -0.2) is 12.8 Å². The number of anilines is 1. The van der Waals surface area contributed by atoms with Crippen LogP contribution in [0.15, 0.2) is 28.1 Å². The average Bonchev–Trinajstić information content (AvgIpc) is 2.28. The fraction of sp³-hybridized carbons (Fsp3) is 0.462. The highest BCUT2D eigenvalue weighted by molar-refractivity contribution is 8.14. The molecule has 0 bridgehead atoms. The van der Waals surface area contributed by atoms with E-state index < -0.39 is 10.0 Å². The fourth-order valence-corrected chi connectivity index (χ4v) is 4.64. The number of rotatable bonds is 2. The maximum atomic E-state index is 13.4. The van der Waals surface area contributed by atoms with Gasteiger partial charge in [-0.05, 0) is 39.0 Å². The third-order valence-electron chi connectivity index (χ3n) is 2.83. The predicted octanol–water partition coefficient (Wildman–Crippen LogP) is 2.89. The standard InChI is InChI=1S/C13H17FN2O2S2/c1-8(2)15-13-9(3)16(20(4,17)18)11-6-5-10(14)7-12(11)19-13/h5-9H,1-4H3. The second-order valence-electron chi connectivity index (χ2n) is 5.01. The van der Waals surface area contributed by atoms with Gasteiger partial charge in [-0.1, -0.05) is 11.8 Å². The minimum Gasteiger partial charge on any atom is -0.278 e. The van der Waals surface area contributed by atoms with Crippen LogP contribution in [0.4, 0.5) is 10.1 Å². The molecule has 0 saturated carbocycles. The highest BCUT2D eigenvalue weighted by Gasteiger charge is 2.34. The van der Waals surface area contributed by atoms with Crippen LogP contribution in [0, 0.1) is 5.82 Å². The number of benzene rings is 1. The van der Waals surface area contributed by atoms with Crippen molar-refractivity contribution >= 4 is 32.5 Å². The van der Waals surface area contributed by atoms with E-state index in [4.69, 9.17) is 0 Å². The van der Waals surface area contributed by atoms with Gasteiger partial charge in [-0.15, -0.1) is 0 Å². The van der Waals surface area contributed by atoms with E-state index in [9.17, 15) is 12.8 Å². The van der Waals surface area contributed by atoms with E-state index in [0.29, 0.717) is 15.6 Å². The minimum atomic E-state index is -3.45. The Morgan fingerprint density at radius 3 is 2.60 bits per heavy atom. The van der Waals surface area contributed by atoms with E-state index in [1.165, 1.54) is 34.3 Å². The maximum absolute atomic E-state index is 13.4. The number of sulfonamides is 1. The molecule has 4 nitrogen and oxygen atoms in total. The highest BCUT2D eigenvalue weighted by atomic mass is 32.2. The van der Waals surface area contributed by atoms with Crippen molar-refractivity contribution in [3.05, 3.63) is 24.0 Å².